The number of halogens is 1. The van der Waals surface area contributed by atoms with Gasteiger partial charge in [-0.1, -0.05) is 12.1 Å². The Morgan fingerprint density at radius 1 is 1.35 bits per heavy atom. The van der Waals surface area contributed by atoms with Gasteiger partial charge >= 0.3 is 0 Å². The molecule has 1 aromatic rings. The van der Waals surface area contributed by atoms with Crippen LogP contribution in [0.15, 0.2) is 23.2 Å². The van der Waals surface area contributed by atoms with Crippen molar-refractivity contribution in [3.8, 4) is 5.75 Å². The number of ether oxygens (including phenoxy) is 1. The van der Waals surface area contributed by atoms with Crippen molar-refractivity contribution in [1.82, 2.24) is 14.9 Å². The van der Waals surface area contributed by atoms with Gasteiger partial charge in [0.25, 0.3) is 0 Å². The highest BCUT2D eigenvalue weighted by Crippen LogP contribution is 2.20. The zero-order valence-corrected chi connectivity index (χ0v) is 18.8. The summed E-state index contributed by atoms with van der Waals surface area (Å²) in [6.45, 7) is 6.83. The van der Waals surface area contributed by atoms with Gasteiger partial charge < -0.3 is 15.4 Å². The maximum atomic E-state index is 11.8. The Balaban J connectivity index is 0.00000338. The molecule has 1 aliphatic rings. The van der Waals surface area contributed by atoms with Crippen LogP contribution in [-0.4, -0.2) is 57.7 Å². The van der Waals surface area contributed by atoms with Crippen LogP contribution in [0.1, 0.15) is 24.5 Å². The van der Waals surface area contributed by atoms with Crippen molar-refractivity contribution in [2.24, 2.45) is 4.99 Å². The van der Waals surface area contributed by atoms with E-state index in [2.05, 4.69) is 15.6 Å². The van der Waals surface area contributed by atoms with Crippen LogP contribution in [0, 0.1) is 6.92 Å². The van der Waals surface area contributed by atoms with Crippen LogP contribution in [0.5, 0.6) is 5.75 Å². The van der Waals surface area contributed by atoms with Gasteiger partial charge in [-0.2, -0.15) is 0 Å². The van der Waals surface area contributed by atoms with Crippen molar-refractivity contribution in [1.29, 1.82) is 0 Å². The maximum Gasteiger partial charge on any atom is 0.214 e. The van der Waals surface area contributed by atoms with E-state index in [1.165, 1.54) is 4.31 Å². The lowest BCUT2D eigenvalue weighted by atomic mass is 10.1. The number of nitrogens with one attached hydrogen (secondary N) is 2. The molecule has 0 aromatic heterocycles. The molecule has 1 saturated heterocycles. The summed E-state index contributed by atoms with van der Waals surface area (Å²) in [5.41, 5.74) is 2.15. The predicted molar refractivity (Wildman–Crippen MR) is 116 cm³/mol. The molecule has 7 nitrogen and oxygen atoms in total. The summed E-state index contributed by atoms with van der Waals surface area (Å²) in [5, 5.41) is 6.37. The first-order valence-electron chi connectivity index (χ1n) is 8.60. The lowest BCUT2D eigenvalue weighted by molar-refractivity contribution is 0.409. The lowest BCUT2D eigenvalue weighted by Gasteiger charge is -2.16. The Kier molecular flexibility index (Phi) is 9.66. The van der Waals surface area contributed by atoms with Crippen molar-refractivity contribution in [2.45, 2.75) is 26.8 Å². The van der Waals surface area contributed by atoms with E-state index in [1.54, 1.807) is 7.11 Å². The Morgan fingerprint density at radius 3 is 2.73 bits per heavy atom. The van der Waals surface area contributed by atoms with Crippen LogP contribution in [0.3, 0.4) is 0 Å². The van der Waals surface area contributed by atoms with Crippen LogP contribution < -0.4 is 15.4 Å². The number of guanidine groups is 1. The summed E-state index contributed by atoms with van der Waals surface area (Å²) < 4.78 is 30.6. The number of benzene rings is 1. The van der Waals surface area contributed by atoms with Crippen LogP contribution in [0.4, 0.5) is 0 Å². The normalized spacial score (nSPS) is 16.8. The molecule has 2 N–H and O–H groups in total. The standard InChI is InChI=1S/C17H28N4O3S.HI/c1-4-18-17(19-8-10-21-9-5-11-25(21,22)23)20-13-15-7-6-14(2)12-16(15)24-3;/h6-7,12H,4-5,8-11,13H2,1-3H3,(H2,18,19,20);1H. The van der Waals surface area contributed by atoms with Gasteiger partial charge in [0.1, 0.15) is 5.75 Å². The van der Waals surface area contributed by atoms with Gasteiger partial charge in [-0.05, 0) is 31.9 Å². The molecule has 0 atom stereocenters. The molecule has 0 aliphatic carbocycles. The average molecular weight is 496 g/mol. The third-order valence-corrected chi connectivity index (χ3v) is 6.01. The third-order valence-electron chi connectivity index (χ3n) is 4.05. The molecular weight excluding hydrogens is 467 g/mol. The Morgan fingerprint density at radius 2 is 2.12 bits per heavy atom. The highest BCUT2D eigenvalue weighted by atomic mass is 127. The molecule has 2 rings (SSSR count). The Bertz CT molecular complexity index is 710. The van der Waals surface area contributed by atoms with Crippen LogP contribution in [0.2, 0.25) is 0 Å². The third kappa shape index (κ3) is 6.58. The first-order chi connectivity index (χ1) is 12.0. The number of sulfonamides is 1. The van der Waals surface area contributed by atoms with Gasteiger partial charge in [-0.3, -0.25) is 0 Å². The summed E-state index contributed by atoms with van der Waals surface area (Å²) in [6.07, 6.45) is 0.712. The minimum Gasteiger partial charge on any atom is -0.496 e. The monoisotopic (exact) mass is 496 g/mol. The second-order valence-corrected chi connectivity index (χ2v) is 8.09. The fourth-order valence-corrected chi connectivity index (χ4v) is 4.26. The molecule has 0 saturated carbocycles. The topological polar surface area (TPSA) is 83.0 Å². The molecule has 1 aromatic carbocycles. The van der Waals surface area contributed by atoms with E-state index in [9.17, 15) is 8.42 Å². The van der Waals surface area contributed by atoms with Crippen molar-refractivity contribution in [3.63, 3.8) is 0 Å². The summed E-state index contributed by atoms with van der Waals surface area (Å²) in [7, 11) is -1.39. The van der Waals surface area contributed by atoms with Gasteiger partial charge in [0, 0.05) is 31.7 Å². The SMILES string of the molecule is CCNC(=NCc1ccc(C)cc1OC)NCCN1CCCS1(=O)=O.I. The molecule has 1 heterocycles. The maximum absolute atomic E-state index is 11.8. The van der Waals surface area contributed by atoms with Gasteiger partial charge in [-0.15, -0.1) is 24.0 Å². The fraction of sp³-hybridized carbons (Fsp3) is 0.588. The van der Waals surface area contributed by atoms with E-state index in [1.807, 2.05) is 32.0 Å². The highest BCUT2D eigenvalue weighted by molar-refractivity contribution is 14.0. The highest BCUT2D eigenvalue weighted by Gasteiger charge is 2.27. The first kappa shape index (κ1) is 23.0. The molecule has 0 spiro atoms. The lowest BCUT2D eigenvalue weighted by Crippen LogP contribution is -2.42. The predicted octanol–water partition coefficient (Wildman–Crippen LogP) is 1.71. The van der Waals surface area contributed by atoms with E-state index in [4.69, 9.17) is 4.74 Å². The van der Waals surface area contributed by atoms with E-state index in [0.717, 1.165) is 23.4 Å². The second kappa shape index (κ2) is 10.9. The Hall–Kier alpha value is -1.07. The summed E-state index contributed by atoms with van der Waals surface area (Å²) in [4.78, 5) is 4.57. The van der Waals surface area contributed by atoms with E-state index < -0.39 is 10.0 Å². The van der Waals surface area contributed by atoms with Gasteiger partial charge in [0.2, 0.25) is 10.0 Å². The molecule has 0 amide bonds. The summed E-state index contributed by atoms with van der Waals surface area (Å²) in [5.74, 6) is 1.75. The molecule has 148 valence electrons. The second-order valence-electron chi connectivity index (χ2n) is 6.01. The van der Waals surface area contributed by atoms with Crippen LogP contribution in [0.25, 0.3) is 0 Å². The van der Waals surface area contributed by atoms with Crippen LogP contribution in [-0.2, 0) is 16.6 Å². The molecule has 0 bridgehead atoms. The largest absolute Gasteiger partial charge is 0.496 e. The van der Waals surface area contributed by atoms with Gasteiger partial charge in [0.15, 0.2) is 5.96 Å². The zero-order valence-electron chi connectivity index (χ0n) is 15.6. The molecule has 1 fully saturated rings. The number of aryl methyl sites for hydroxylation is 1. The first-order valence-corrected chi connectivity index (χ1v) is 10.2. The van der Waals surface area contributed by atoms with Crippen molar-refractivity contribution >= 4 is 40.0 Å². The van der Waals surface area contributed by atoms with E-state index >= 15 is 0 Å². The van der Waals surface area contributed by atoms with Gasteiger partial charge in [0.05, 0.1) is 19.4 Å². The average Bonchev–Trinajstić information content (AvgIpc) is 2.91. The van der Waals surface area contributed by atoms with E-state index in [-0.39, 0.29) is 29.7 Å². The number of hydrogen-bond acceptors (Lipinski definition) is 4. The fourth-order valence-electron chi connectivity index (χ4n) is 2.73. The minimum absolute atomic E-state index is 0. The molecule has 0 unspecified atom stereocenters. The summed E-state index contributed by atoms with van der Waals surface area (Å²) in [6, 6.07) is 6.04. The minimum atomic E-state index is -3.05. The smallest absolute Gasteiger partial charge is 0.214 e. The summed E-state index contributed by atoms with van der Waals surface area (Å²) >= 11 is 0. The molecular formula is C17H29IN4O3S. The zero-order chi connectivity index (χ0) is 18.3. The number of hydrogen-bond donors (Lipinski definition) is 2. The molecule has 1 aliphatic heterocycles. The van der Waals surface area contributed by atoms with Crippen molar-refractivity contribution < 1.29 is 13.2 Å². The Labute approximate surface area is 173 Å². The van der Waals surface area contributed by atoms with Gasteiger partial charge in [-0.25, -0.2) is 17.7 Å². The number of methoxy groups -OCH3 is 1. The van der Waals surface area contributed by atoms with E-state index in [0.29, 0.717) is 38.6 Å². The number of aliphatic imine (C=N–C) groups is 1. The van der Waals surface area contributed by atoms with Crippen molar-refractivity contribution in [2.75, 3.05) is 39.0 Å². The quantitative estimate of drug-likeness (QED) is 0.341. The number of nitrogens with zero attached hydrogens (tertiary/aromatic N) is 2. The molecule has 9 heteroatoms. The number of rotatable bonds is 7. The van der Waals surface area contributed by atoms with Crippen LogP contribution >= 0.6 is 24.0 Å². The van der Waals surface area contributed by atoms with Crippen molar-refractivity contribution in [3.05, 3.63) is 29.3 Å². The molecule has 26 heavy (non-hydrogen) atoms. The molecule has 0 radical (unpaired) electrons.